The van der Waals surface area contributed by atoms with Gasteiger partial charge in [0.05, 0.1) is 4.08 Å². The third-order valence-corrected chi connectivity index (χ3v) is 12.0. The normalized spacial score (nSPS) is 37.0. The second-order valence-corrected chi connectivity index (χ2v) is 13.9. The molecule has 0 aromatic rings. The first-order valence-corrected chi connectivity index (χ1v) is 13.7. The Morgan fingerprint density at radius 1 is 0.971 bits per heavy atom. The first-order valence-electron chi connectivity index (χ1n) is 10.3. The Morgan fingerprint density at radius 2 is 1.54 bits per heavy atom. The van der Waals surface area contributed by atoms with E-state index in [9.17, 15) is 48.7 Å². The summed E-state index contributed by atoms with van der Waals surface area (Å²) in [5, 5.41) is -5.72. The van der Waals surface area contributed by atoms with Crippen LogP contribution in [0.15, 0.2) is 0 Å². The van der Waals surface area contributed by atoms with Crippen LogP contribution >= 0.6 is 23.5 Å². The minimum Gasteiger partial charge on any atom is -0.460 e. The van der Waals surface area contributed by atoms with Crippen LogP contribution in [-0.2, 0) is 29.2 Å². The van der Waals surface area contributed by atoms with Crippen LogP contribution in [0.1, 0.15) is 32.1 Å². The van der Waals surface area contributed by atoms with E-state index in [1.807, 2.05) is 0 Å². The standard InChI is InChI=1S/C18H19F7O7S3/c19-16(20,18(23,24)25)12(26)31-6-11-7-33-15(34-11)9-1-8-2-10(15)5-14(3-8,4-9)32-13(27)17(21,22)35(28,29)30/h8-11H,1-7H2,(H,28,29,30). The maximum absolute atomic E-state index is 13.8. The summed E-state index contributed by atoms with van der Waals surface area (Å²) in [5.74, 6) is -10.8. The number of carbonyl (C=O) groups excluding carboxylic acids is 2. The van der Waals surface area contributed by atoms with Gasteiger partial charge in [0, 0.05) is 11.0 Å². The molecule has 4 bridgehead atoms. The van der Waals surface area contributed by atoms with Crippen LogP contribution in [0, 0.1) is 17.8 Å². The number of carbonyl (C=O) groups is 2. The number of alkyl halides is 7. The van der Waals surface area contributed by atoms with E-state index < -0.39 is 60.9 Å². The van der Waals surface area contributed by atoms with Gasteiger partial charge in [-0.05, 0) is 49.9 Å². The number of esters is 2. The highest BCUT2D eigenvalue weighted by Crippen LogP contribution is 2.71. The molecule has 0 amide bonds. The van der Waals surface area contributed by atoms with Crippen LogP contribution in [0.2, 0.25) is 0 Å². The second kappa shape index (κ2) is 8.28. The fraction of sp³-hybridized carbons (Fsp3) is 0.889. The Morgan fingerprint density at radius 3 is 2.06 bits per heavy atom. The molecule has 17 heteroatoms. The third kappa shape index (κ3) is 4.41. The van der Waals surface area contributed by atoms with Crippen molar-refractivity contribution in [3.63, 3.8) is 0 Å². The van der Waals surface area contributed by atoms with Gasteiger partial charge in [0.25, 0.3) is 0 Å². The molecule has 5 rings (SSSR count). The summed E-state index contributed by atoms with van der Waals surface area (Å²) in [7, 11) is -6.03. The molecule has 4 aliphatic carbocycles. The van der Waals surface area contributed by atoms with Gasteiger partial charge < -0.3 is 9.47 Å². The van der Waals surface area contributed by atoms with Crippen molar-refractivity contribution < 1.29 is 62.8 Å². The van der Waals surface area contributed by atoms with Crippen molar-refractivity contribution in [3.05, 3.63) is 0 Å². The van der Waals surface area contributed by atoms with Crippen molar-refractivity contribution in [1.82, 2.24) is 0 Å². The van der Waals surface area contributed by atoms with Gasteiger partial charge in [-0.2, -0.15) is 39.2 Å². The van der Waals surface area contributed by atoms with E-state index in [1.54, 1.807) is 0 Å². The summed E-state index contributed by atoms with van der Waals surface area (Å²) in [4.78, 5) is 23.2. The van der Waals surface area contributed by atoms with Crippen LogP contribution in [0.3, 0.4) is 0 Å². The van der Waals surface area contributed by atoms with Gasteiger partial charge in [-0.1, -0.05) is 0 Å². The summed E-state index contributed by atoms with van der Waals surface area (Å²) < 4.78 is 130. The SMILES string of the molecule is O=C(OCC1CSC2(S1)C1CC3CC2CC(OC(=O)C(F)(F)S(=O)(=O)O)(C3)C1)C(F)(F)C(F)(F)F. The molecule has 200 valence electrons. The predicted octanol–water partition coefficient (Wildman–Crippen LogP) is 3.87. The molecular formula is C18H19F7O7S3. The van der Waals surface area contributed by atoms with Crippen molar-refractivity contribution in [3.8, 4) is 0 Å². The van der Waals surface area contributed by atoms with Gasteiger partial charge in [-0.15, -0.1) is 23.5 Å². The molecule has 1 aliphatic heterocycles. The largest absolute Gasteiger partial charge is 0.465 e. The molecule has 1 saturated heterocycles. The molecule has 35 heavy (non-hydrogen) atoms. The highest BCUT2D eigenvalue weighted by molar-refractivity contribution is 8.21. The van der Waals surface area contributed by atoms with E-state index in [1.165, 1.54) is 23.5 Å². The summed E-state index contributed by atoms with van der Waals surface area (Å²) in [6.07, 6.45) is -4.35. The molecule has 0 radical (unpaired) electrons. The minimum atomic E-state index is -6.08. The molecular weight excluding hydrogens is 557 g/mol. The third-order valence-electron chi connectivity index (χ3n) is 7.00. The lowest BCUT2D eigenvalue weighted by molar-refractivity contribution is -0.280. The lowest BCUT2D eigenvalue weighted by atomic mass is 9.53. The minimum absolute atomic E-state index is 0.00571. The van der Waals surface area contributed by atoms with Crippen molar-refractivity contribution in [1.29, 1.82) is 0 Å². The van der Waals surface area contributed by atoms with Crippen LogP contribution in [0.25, 0.3) is 0 Å². The van der Waals surface area contributed by atoms with Gasteiger partial charge >= 0.3 is 39.4 Å². The number of hydrogen-bond acceptors (Lipinski definition) is 8. The molecule has 3 atom stereocenters. The molecule has 4 saturated carbocycles. The van der Waals surface area contributed by atoms with Crippen molar-refractivity contribution >= 4 is 45.6 Å². The Labute approximate surface area is 203 Å². The Hall–Kier alpha value is -0.940. The summed E-state index contributed by atoms with van der Waals surface area (Å²) in [6, 6.07) is 0. The van der Waals surface area contributed by atoms with Crippen LogP contribution < -0.4 is 0 Å². The molecule has 5 aliphatic rings. The zero-order chi connectivity index (χ0) is 26.2. The summed E-state index contributed by atoms with van der Waals surface area (Å²) in [5.41, 5.74) is -1.35. The van der Waals surface area contributed by atoms with Gasteiger partial charge in [-0.25, -0.2) is 9.59 Å². The molecule has 5 fully saturated rings. The zero-order valence-electron chi connectivity index (χ0n) is 17.5. The number of ether oxygens (including phenoxy) is 2. The molecule has 1 spiro atoms. The lowest BCUT2D eigenvalue weighted by Crippen LogP contribution is -2.62. The molecule has 3 unspecified atom stereocenters. The van der Waals surface area contributed by atoms with E-state index in [0.717, 1.165) is 0 Å². The van der Waals surface area contributed by atoms with Crippen molar-refractivity contribution in [2.75, 3.05) is 12.4 Å². The molecule has 0 aromatic carbocycles. The van der Waals surface area contributed by atoms with Crippen LogP contribution in [0.5, 0.6) is 0 Å². The Bertz CT molecular complexity index is 1000. The van der Waals surface area contributed by atoms with E-state index in [2.05, 4.69) is 4.74 Å². The molecule has 1 N–H and O–H groups in total. The highest BCUT2D eigenvalue weighted by atomic mass is 32.2. The fourth-order valence-electron chi connectivity index (χ4n) is 5.78. The lowest BCUT2D eigenvalue weighted by Gasteiger charge is -2.63. The van der Waals surface area contributed by atoms with Gasteiger partial charge in [-0.3, -0.25) is 4.55 Å². The zero-order valence-corrected chi connectivity index (χ0v) is 20.0. The van der Waals surface area contributed by atoms with Crippen LogP contribution in [-0.4, -0.2) is 69.6 Å². The first kappa shape index (κ1) is 27.1. The Balaban J connectivity index is 1.43. The van der Waals surface area contributed by atoms with Crippen molar-refractivity contribution in [2.24, 2.45) is 17.8 Å². The fourth-order valence-corrected chi connectivity index (χ4v) is 10.2. The van der Waals surface area contributed by atoms with E-state index in [0.29, 0.717) is 12.8 Å². The number of halogens is 7. The van der Waals surface area contributed by atoms with E-state index >= 15 is 0 Å². The average molecular weight is 577 g/mol. The van der Waals surface area contributed by atoms with E-state index in [-0.39, 0.29) is 42.8 Å². The molecule has 0 aromatic heterocycles. The maximum Gasteiger partial charge on any atom is 0.465 e. The predicted molar refractivity (Wildman–Crippen MR) is 107 cm³/mol. The van der Waals surface area contributed by atoms with Crippen molar-refractivity contribution in [2.45, 2.75) is 64.4 Å². The number of thioether (sulfide) groups is 2. The summed E-state index contributed by atoms with van der Waals surface area (Å²) in [6.45, 7) is -0.673. The van der Waals surface area contributed by atoms with Gasteiger partial charge in [0.2, 0.25) is 0 Å². The van der Waals surface area contributed by atoms with Crippen LogP contribution in [0.4, 0.5) is 30.7 Å². The Kier molecular flexibility index (Phi) is 6.41. The van der Waals surface area contributed by atoms with Gasteiger partial charge in [0.15, 0.2) is 0 Å². The molecule has 7 nitrogen and oxygen atoms in total. The highest BCUT2D eigenvalue weighted by Gasteiger charge is 2.68. The van der Waals surface area contributed by atoms with E-state index in [4.69, 9.17) is 9.29 Å². The second-order valence-electron chi connectivity index (χ2n) is 9.35. The molecule has 1 heterocycles. The quantitative estimate of drug-likeness (QED) is 0.287. The maximum atomic E-state index is 13.8. The smallest absolute Gasteiger partial charge is 0.460 e. The first-order chi connectivity index (χ1) is 15.8. The van der Waals surface area contributed by atoms with Gasteiger partial charge in [0.1, 0.15) is 12.2 Å². The summed E-state index contributed by atoms with van der Waals surface area (Å²) >= 11 is 2.69. The number of hydrogen-bond donors (Lipinski definition) is 1. The topological polar surface area (TPSA) is 107 Å². The average Bonchev–Trinajstić information content (AvgIpc) is 3.13. The monoisotopic (exact) mass is 576 g/mol. The number of rotatable bonds is 6.